The van der Waals surface area contributed by atoms with Crippen LogP contribution in [0.5, 0.6) is 5.88 Å². The zero-order valence-corrected chi connectivity index (χ0v) is 8.62. The number of aliphatic hydroxyl groups excluding tert-OH is 2. The second-order valence-electron chi connectivity index (χ2n) is 3.16. The average Bonchev–Trinajstić information content (AvgIpc) is 2.26. The summed E-state index contributed by atoms with van der Waals surface area (Å²) in [6.07, 6.45) is -1.92. The molecule has 0 aromatic carbocycles. The summed E-state index contributed by atoms with van der Waals surface area (Å²) in [7, 11) is 1.40. The molecule has 1 heterocycles. The smallest absolute Gasteiger partial charge is 0.249 e. The number of rotatable bonds is 4. The minimum atomic E-state index is -1.70. The molecular formula is C9H13N3O4. The molecule has 1 amide bonds. The largest absolute Gasteiger partial charge is 0.480 e. The van der Waals surface area contributed by atoms with Gasteiger partial charge in [-0.1, -0.05) is 0 Å². The van der Waals surface area contributed by atoms with Crippen LogP contribution in [0.15, 0.2) is 12.3 Å². The average molecular weight is 227 g/mol. The Hall–Kier alpha value is -1.86. The number of nitrogens with zero attached hydrogens (tertiary/aromatic N) is 1. The first kappa shape index (κ1) is 12.2. The van der Waals surface area contributed by atoms with Crippen molar-refractivity contribution < 1.29 is 19.7 Å². The SMILES string of the molecule is COc1ncc(C(O)C(O)C(N)=O)cc1N. The van der Waals surface area contributed by atoms with E-state index in [-0.39, 0.29) is 17.1 Å². The van der Waals surface area contributed by atoms with Crippen LogP contribution in [0.3, 0.4) is 0 Å². The van der Waals surface area contributed by atoms with Crippen molar-refractivity contribution in [2.45, 2.75) is 12.2 Å². The van der Waals surface area contributed by atoms with Gasteiger partial charge in [0.15, 0.2) is 6.10 Å². The summed E-state index contributed by atoms with van der Waals surface area (Å²) in [4.78, 5) is 14.4. The Kier molecular flexibility index (Phi) is 3.64. The molecule has 0 aliphatic rings. The molecule has 0 aliphatic heterocycles. The van der Waals surface area contributed by atoms with Crippen molar-refractivity contribution in [3.05, 3.63) is 17.8 Å². The summed E-state index contributed by atoms with van der Waals surface area (Å²) < 4.78 is 4.82. The third-order valence-corrected chi connectivity index (χ3v) is 2.03. The Morgan fingerprint density at radius 3 is 2.62 bits per heavy atom. The van der Waals surface area contributed by atoms with Gasteiger partial charge >= 0.3 is 0 Å². The van der Waals surface area contributed by atoms with E-state index in [0.29, 0.717) is 0 Å². The molecule has 2 atom stereocenters. The van der Waals surface area contributed by atoms with Crippen LogP contribution in [-0.4, -0.2) is 34.3 Å². The molecule has 6 N–H and O–H groups in total. The Morgan fingerprint density at radius 1 is 1.56 bits per heavy atom. The Morgan fingerprint density at radius 2 is 2.19 bits per heavy atom. The monoisotopic (exact) mass is 227 g/mol. The summed E-state index contributed by atoms with van der Waals surface area (Å²) in [5.74, 6) is -0.827. The second kappa shape index (κ2) is 4.77. The molecule has 0 saturated heterocycles. The van der Waals surface area contributed by atoms with Crippen LogP contribution >= 0.6 is 0 Å². The first-order valence-corrected chi connectivity index (χ1v) is 4.42. The van der Waals surface area contributed by atoms with E-state index in [4.69, 9.17) is 16.2 Å². The molecule has 0 bridgehead atoms. The number of pyridine rings is 1. The number of hydrogen-bond acceptors (Lipinski definition) is 6. The van der Waals surface area contributed by atoms with E-state index in [9.17, 15) is 15.0 Å². The Balaban J connectivity index is 2.97. The maximum Gasteiger partial charge on any atom is 0.249 e. The molecule has 0 aliphatic carbocycles. The molecule has 16 heavy (non-hydrogen) atoms. The Labute approximate surface area is 91.7 Å². The van der Waals surface area contributed by atoms with Crippen molar-refractivity contribution in [2.24, 2.45) is 5.73 Å². The highest BCUT2D eigenvalue weighted by molar-refractivity contribution is 5.79. The molecule has 7 nitrogen and oxygen atoms in total. The summed E-state index contributed by atoms with van der Waals surface area (Å²) in [5.41, 5.74) is 10.8. The number of primary amides is 1. The van der Waals surface area contributed by atoms with E-state index in [0.717, 1.165) is 0 Å². The summed E-state index contributed by atoms with van der Waals surface area (Å²) in [6, 6.07) is 1.35. The number of carbonyl (C=O) groups is 1. The molecule has 0 spiro atoms. The lowest BCUT2D eigenvalue weighted by Crippen LogP contribution is -2.33. The van der Waals surface area contributed by atoms with Crippen LogP contribution in [0.4, 0.5) is 5.69 Å². The Bertz CT molecular complexity index is 396. The third kappa shape index (κ3) is 2.38. The molecule has 0 radical (unpaired) electrons. The highest BCUT2D eigenvalue weighted by Gasteiger charge is 2.24. The molecule has 0 fully saturated rings. The zero-order chi connectivity index (χ0) is 12.3. The first-order chi connectivity index (χ1) is 7.47. The van der Waals surface area contributed by atoms with Crippen LogP contribution in [0, 0.1) is 0 Å². The summed E-state index contributed by atoms with van der Waals surface area (Å²) in [5, 5.41) is 18.8. The number of nitrogens with two attached hydrogens (primary N) is 2. The van der Waals surface area contributed by atoms with Crippen molar-refractivity contribution in [1.29, 1.82) is 0 Å². The predicted octanol–water partition coefficient (Wildman–Crippen LogP) is -1.45. The van der Waals surface area contributed by atoms with Crippen LogP contribution in [0.25, 0.3) is 0 Å². The first-order valence-electron chi connectivity index (χ1n) is 4.42. The number of amides is 1. The standard InChI is InChI=1S/C9H13N3O4/c1-16-9-5(10)2-4(3-12-9)6(13)7(14)8(11)15/h2-3,6-7,13-14H,10H2,1H3,(H2,11,15). The normalized spacial score (nSPS) is 14.2. The molecule has 1 aromatic heterocycles. The fraction of sp³-hybridized carbons (Fsp3) is 0.333. The van der Waals surface area contributed by atoms with Gasteiger partial charge < -0.3 is 26.4 Å². The van der Waals surface area contributed by atoms with Gasteiger partial charge in [-0.15, -0.1) is 0 Å². The van der Waals surface area contributed by atoms with Crippen LogP contribution in [-0.2, 0) is 4.79 Å². The summed E-state index contributed by atoms with van der Waals surface area (Å²) >= 11 is 0. The topological polar surface area (TPSA) is 132 Å². The minimum Gasteiger partial charge on any atom is -0.480 e. The van der Waals surface area contributed by atoms with Crippen LogP contribution in [0.2, 0.25) is 0 Å². The maximum atomic E-state index is 10.7. The lowest BCUT2D eigenvalue weighted by molar-refractivity contribution is -0.131. The molecule has 88 valence electrons. The van der Waals surface area contributed by atoms with Gasteiger partial charge in [-0.3, -0.25) is 4.79 Å². The van der Waals surface area contributed by atoms with Gasteiger partial charge in [-0.25, -0.2) is 4.98 Å². The summed E-state index contributed by atoms with van der Waals surface area (Å²) in [6.45, 7) is 0. The zero-order valence-electron chi connectivity index (χ0n) is 8.62. The van der Waals surface area contributed by atoms with E-state index >= 15 is 0 Å². The van der Waals surface area contributed by atoms with Crippen molar-refractivity contribution in [3.8, 4) is 5.88 Å². The van der Waals surface area contributed by atoms with Crippen LogP contribution in [0.1, 0.15) is 11.7 Å². The highest BCUT2D eigenvalue weighted by Crippen LogP contribution is 2.23. The quantitative estimate of drug-likeness (QED) is 0.497. The van der Waals surface area contributed by atoms with Crippen molar-refractivity contribution in [2.75, 3.05) is 12.8 Å². The maximum absolute atomic E-state index is 10.7. The second-order valence-corrected chi connectivity index (χ2v) is 3.16. The van der Waals surface area contributed by atoms with E-state index in [1.807, 2.05) is 0 Å². The number of aromatic nitrogens is 1. The van der Waals surface area contributed by atoms with Crippen molar-refractivity contribution >= 4 is 11.6 Å². The molecule has 0 saturated carbocycles. The van der Waals surface area contributed by atoms with Gasteiger partial charge in [-0.05, 0) is 6.07 Å². The number of methoxy groups -OCH3 is 1. The fourth-order valence-corrected chi connectivity index (χ4v) is 1.16. The van der Waals surface area contributed by atoms with Crippen molar-refractivity contribution in [1.82, 2.24) is 4.98 Å². The minimum absolute atomic E-state index is 0.185. The van der Waals surface area contributed by atoms with Gasteiger partial charge in [-0.2, -0.15) is 0 Å². The van der Waals surface area contributed by atoms with E-state index in [2.05, 4.69) is 4.98 Å². The number of nitrogen functional groups attached to an aromatic ring is 1. The van der Waals surface area contributed by atoms with Gasteiger partial charge in [0.2, 0.25) is 11.8 Å². The molecule has 1 rings (SSSR count). The predicted molar refractivity (Wildman–Crippen MR) is 55.4 cm³/mol. The number of aliphatic hydroxyl groups is 2. The van der Waals surface area contributed by atoms with Gasteiger partial charge in [0.1, 0.15) is 6.10 Å². The molecular weight excluding hydrogens is 214 g/mol. The lowest BCUT2D eigenvalue weighted by atomic mass is 10.1. The van der Waals surface area contributed by atoms with Crippen LogP contribution < -0.4 is 16.2 Å². The van der Waals surface area contributed by atoms with E-state index in [1.54, 1.807) is 0 Å². The number of hydrogen-bond donors (Lipinski definition) is 4. The number of ether oxygens (including phenoxy) is 1. The van der Waals surface area contributed by atoms with Gasteiger partial charge in [0.05, 0.1) is 12.8 Å². The molecule has 7 heteroatoms. The third-order valence-electron chi connectivity index (χ3n) is 2.03. The number of carbonyl (C=O) groups excluding carboxylic acids is 1. The van der Waals surface area contributed by atoms with E-state index < -0.39 is 18.1 Å². The fourth-order valence-electron chi connectivity index (χ4n) is 1.16. The molecule has 1 aromatic rings. The van der Waals surface area contributed by atoms with Crippen molar-refractivity contribution in [3.63, 3.8) is 0 Å². The highest BCUT2D eigenvalue weighted by atomic mass is 16.5. The lowest BCUT2D eigenvalue weighted by Gasteiger charge is -2.15. The van der Waals surface area contributed by atoms with Gasteiger partial charge in [0, 0.05) is 11.8 Å². The van der Waals surface area contributed by atoms with Gasteiger partial charge in [0.25, 0.3) is 0 Å². The number of anilines is 1. The van der Waals surface area contributed by atoms with E-state index in [1.165, 1.54) is 19.4 Å². The molecule has 2 unspecified atom stereocenters.